The number of hydrogen-bond donors (Lipinski definition) is 1. The van der Waals surface area contributed by atoms with Gasteiger partial charge < -0.3 is 5.32 Å². The average molecular weight is 311 g/mol. The van der Waals surface area contributed by atoms with Crippen LogP contribution in [0.5, 0.6) is 0 Å². The second-order valence-electron chi connectivity index (χ2n) is 4.20. The van der Waals surface area contributed by atoms with Crippen LogP contribution in [-0.4, -0.2) is 24.6 Å². The summed E-state index contributed by atoms with van der Waals surface area (Å²) in [5, 5.41) is 13.2. The molecule has 1 heterocycles. The highest BCUT2D eigenvalue weighted by Gasteiger charge is 2.14. The van der Waals surface area contributed by atoms with Gasteiger partial charge in [0.1, 0.15) is 22.7 Å². The normalized spacial score (nSPS) is 11.1. The summed E-state index contributed by atoms with van der Waals surface area (Å²) >= 11 is 0. The van der Waals surface area contributed by atoms with E-state index in [0.29, 0.717) is 0 Å². The molecule has 0 bridgehead atoms. The van der Waals surface area contributed by atoms with E-state index in [2.05, 4.69) is 10.3 Å². The van der Waals surface area contributed by atoms with Crippen molar-refractivity contribution in [3.63, 3.8) is 0 Å². The molecule has 2 aromatic rings. The minimum absolute atomic E-state index is 0.167. The molecule has 0 aliphatic heterocycles. The summed E-state index contributed by atoms with van der Waals surface area (Å²) in [6, 6.07) is 6.14. The van der Waals surface area contributed by atoms with E-state index in [1.165, 1.54) is 18.2 Å². The fourth-order valence-corrected chi connectivity index (χ4v) is 2.32. The van der Waals surface area contributed by atoms with E-state index in [9.17, 15) is 22.9 Å². The molecule has 9 heteroatoms. The van der Waals surface area contributed by atoms with Crippen LogP contribution in [0, 0.1) is 15.9 Å². The molecule has 2 rings (SSSR count). The molecule has 0 spiro atoms. The average Bonchev–Trinajstić information content (AvgIpc) is 2.37. The number of pyridine rings is 1. The lowest BCUT2D eigenvalue weighted by Gasteiger charge is -2.07. The van der Waals surface area contributed by atoms with Gasteiger partial charge in [0.2, 0.25) is 0 Å². The van der Waals surface area contributed by atoms with Crippen LogP contribution >= 0.6 is 0 Å². The first-order chi connectivity index (χ1) is 9.77. The molecule has 1 N–H and O–H groups in total. The van der Waals surface area contributed by atoms with Crippen LogP contribution in [0.25, 0.3) is 0 Å². The maximum Gasteiger partial charge on any atom is 0.287 e. The van der Waals surface area contributed by atoms with Gasteiger partial charge in [0, 0.05) is 18.0 Å². The Morgan fingerprint density at radius 1 is 1.29 bits per heavy atom. The Morgan fingerprint density at radius 2 is 2.00 bits per heavy atom. The molecule has 0 saturated carbocycles. The van der Waals surface area contributed by atoms with Gasteiger partial charge in [0.15, 0.2) is 9.84 Å². The smallest absolute Gasteiger partial charge is 0.287 e. The number of anilines is 2. The SMILES string of the molecule is CS(=O)(=O)c1ccc(Nc2ccc([N+](=O)[O-])cn2)cc1F. The van der Waals surface area contributed by atoms with Gasteiger partial charge in [-0.2, -0.15) is 0 Å². The summed E-state index contributed by atoms with van der Waals surface area (Å²) in [7, 11) is -3.63. The number of halogens is 1. The van der Waals surface area contributed by atoms with Crippen LogP contribution < -0.4 is 5.32 Å². The number of rotatable bonds is 4. The third-order valence-electron chi connectivity index (χ3n) is 2.56. The number of nitrogens with one attached hydrogen (secondary N) is 1. The van der Waals surface area contributed by atoms with Crippen molar-refractivity contribution in [1.82, 2.24) is 4.98 Å². The van der Waals surface area contributed by atoms with Gasteiger partial charge in [0.25, 0.3) is 5.69 Å². The first kappa shape index (κ1) is 14.9. The van der Waals surface area contributed by atoms with Gasteiger partial charge in [-0.05, 0) is 24.3 Å². The molecule has 7 nitrogen and oxygen atoms in total. The van der Waals surface area contributed by atoms with Crippen molar-refractivity contribution < 1.29 is 17.7 Å². The van der Waals surface area contributed by atoms with E-state index in [0.717, 1.165) is 24.6 Å². The third-order valence-corrected chi connectivity index (χ3v) is 3.69. The van der Waals surface area contributed by atoms with Crippen LogP contribution in [0.2, 0.25) is 0 Å². The van der Waals surface area contributed by atoms with Crippen molar-refractivity contribution in [2.75, 3.05) is 11.6 Å². The number of sulfone groups is 1. The molecular formula is C12H10FN3O4S. The monoisotopic (exact) mass is 311 g/mol. The lowest BCUT2D eigenvalue weighted by Crippen LogP contribution is -2.02. The maximum atomic E-state index is 13.7. The molecule has 0 amide bonds. The van der Waals surface area contributed by atoms with Crippen molar-refractivity contribution in [3.8, 4) is 0 Å². The summed E-state index contributed by atoms with van der Waals surface area (Å²) in [5.41, 5.74) is 0.111. The molecule has 1 aromatic carbocycles. The van der Waals surface area contributed by atoms with Crippen molar-refractivity contribution in [2.45, 2.75) is 4.90 Å². The van der Waals surface area contributed by atoms with E-state index in [1.807, 2.05) is 0 Å². The van der Waals surface area contributed by atoms with Gasteiger partial charge in [0.05, 0.1) is 4.92 Å². The summed E-state index contributed by atoms with van der Waals surface area (Å²) < 4.78 is 36.3. The van der Waals surface area contributed by atoms with E-state index in [4.69, 9.17) is 0 Å². The van der Waals surface area contributed by atoms with Gasteiger partial charge in [-0.3, -0.25) is 10.1 Å². The zero-order valence-electron chi connectivity index (χ0n) is 10.8. The quantitative estimate of drug-likeness (QED) is 0.686. The Kier molecular flexibility index (Phi) is 3.85. The van der Waals surface area contributed by atoms with Crippen LogP contribution in [0.1, 0.15) is 0 Å². The molecule has 0 unspecified atom stereocenters. The molecule has 0 radical (unpaired) electrons. The number of benzene rings is 1. The molecular weight excluding hydrogens is 301 g/mol. The van der Waals surface area contributed by atoms with Crippen molar-refractivity contribution in [2.24, 2.45) is 0 Å². The van der Waals surface area contributed by atoms with Crippen molar-refractivity contribution >= 4 is 27.0 Å². The van der Waals surface area contributed by atoms with Crippen molar-refractivity contribution in [3.05, 3.63) is 52.5 Å². The zero-order valence-corrected chi connectivity index (χ0v) is 11.6. The molecule has 0 aliphatic carbocycles. The highest BCUT2D eigenvalue weighted by atomic mass is 32.2. The summed E-state index contributed by atoms with van der Waals surface area (Å²) in [6.45, 7) is 0. The maximum absolute atomic E-state index is 13.7. The Morgan fingerprint density at radius 3 is 2.48 bits per heavy atom. The number of aromatic nitrogens is 1. The molecule has 21 heavy (non-hydrogen) atoms. The Balaban J connectivity index is 2.24. The van der Waals surface area contributed by atoms with E-state index < -0.39 is 25.5 Å². The Labute approximate surface area is 119 Å². The molecule has 0 saturated heterocycles. The highest BCUT2D eigenvalue weighted by molar-refractivity contribution is 7.90. The number of hydrogen-bond acceptors (Lipinski definition) is 6. The number of nitrogens with zero attached hydrogens (tertiary/aromatic N) is 2. The number of nitro groups is 1. The predicted octanol–water partition coefficient (Wildman–Crippen LogP) is 2.28. The fourth-order valence-electron chi connectivity index (χ4n) is 1.60. The molecule has 0 aliphatic rings. The lowest BCUT2D eigenvalue weighted by molar-refractivity contribution is -0.385. The second-order valence-corrected chi connectivity index (χ2v) is 6.19. The third kappa shape index (κ3) is 3.51. The molecule has 110 valence electrons. The van der Waals surface area contributed by atoms with Crippen LogP contribution in [0.4, 0.5) is 21.6 Å². The van der Waals surface area contributed by atoms with Crippen LogP contribution in [0.3, 0.4) is 0 Å². The highest BCUT2D eigenvalue weighted by Crippen LogP contribution is 2.22. The minimum atomic E-state index is -3.63. The first-order valence-electron chi connectivity index (χ1n) is 5.64. The summed E-state index contributed by atoms with van der Waals surface area (Å²) in [6.07, 6.45) is 1.97. The zero-order chi connectivity index (χ0) is 15.6. The lowest BCUT2D eigenvalue weighted by atomic mass is 10.3. The molecule has 0 atom stereocenters. The minimum Gasteiger partial charge on any atom is -0.340 e. The second kappa shape index (κ2) is 5.44. The summed E-state index contributed by atoms with van der Waals surface area (Å²) in [4.78, 5) is 13.3. The van der Waals surface area contributed by atoms with Crippen molar-refractivity contribution in [1.29, 1.82) is 0 Å². The fraction of sp³-hybridized carbons (Fsp3) is 0.0833. The molecule has 1 aromatic heterocycles. The largest absolute Gasteiger partial charge is 0.340 e. The first-order valence-corrected chi connectivity index (χ1v) is 7.53. The van der Waals surface area contributed by atoms with E-state index >= 15 is 0 Å². The van der Waals surface area contributed by atoms with Gasteiger partial charge in [-0.1, -0.05) is 0 Å². The topological polar surface area (TPSA) is 102 Å². The molecule has 0 fully saturated rings. The Bertz CT molecular complexity index is 791. The van der Waals surface area contributed by atoms with E-state index in [1.54, 1.807) is 0 Å². The standard InChI is InChI=1S/C12H10FN3O4S/c1-21(19,20)11-4-2-8(6-10(11)13)15-12-5-3-9(7-14-12)16(17)18/h2-7H,1H3,(H,14,15). The van der Waals surface area contributed by atoms with Crippen LogP contribution in [-0.2, 0) is 9.84 Å². The van der Waals surface area contributed by atoms with Gasteiger partial charge in [-0.25, -0.2) is 17.8 Å². The van der Waals surface area contributed by atoms with Gasteiger partial charge >= 0.3 is 0 Å². The Hall–Kier alpha value is -2.55. The summed E-state index contributed by atoms with van der Waals surface area (Å²) in [5.74, 6) is -0.614. The van der Waals surface area contributed by atoms with Gasteiger partial charge in [-0.15, -0.1) is 0 Å². The van der Waals surface area contributed by atoms with E-state index in [-0.39, 0.29) is 17.2 Å². The van der Waals surface area contributed by atoms with Crippen LogP contribution in [0.15, 0.2) is 41.4 Å². The predicted molar refractivity (Wildman–Crippen MR) is 73.7 cm³/mol.